The molecule has 0 radical (unpaired) electrons. The van der Waals surface area contributed by atoms with Crippen molar-refractivity contribution >= 4 is 35.0 Å². The molecule has 0 bridgehead atoms. The van der Waals surface area contributed by atoms with Gasteiger partial charge in [-0.1, -0.05) is 17.7 Å². The van der Waals surface area contributed by atoms with Gasteiger partial charge in [0.1, 0.15) is 5.15 Å². The molecule has 0 aliphatic rings. The number of nitrogens with one attached hydrogen (secondary N) is 1. The van der Waals surface area contributed by atoms with Crippen molar-refractivity contribution in [3.63, 3.8) is 0 Å². The van der Waals surface area contributed by atoms with Gasteiger partial charge in [0.15, 0.2) is 23.2 Å². The van der Waals surface area contributed by atoms with Crippen LogP contribution < -0.4 is 11.2 Å². The number of hydrogen-bond donors (Lipinski definition) is 4. The minimum absolute atomic E-state index is 0.00710. The van der Waals surface area contributed by atoms with Crippen molar-refractivity contribution in [1.29, 1.82) is 0 Å². The van der Waals surface area contributed by atoms with Gasteiger partial charge in [0.05, 0.1) is 0 Å². The molecule has 0 aliphatic carbocycles. The average molecular weight is 369 g/mol. The van der Waals surface area contributed by atoms with Gasteiger partial charge in [-0.15, -0.1) is 0 Å². The van der Waals surface area contributed by atoms with Crippen molar-refractivity contribution in [3.8, 4) is 0 Å². The first-order chi connectivity index (χ1) is 11.1. The summed E-state index contributed by atoms with van der Waals surface area (Å²) >= 11 is 5.69. The molecule has 2 aromatic heterocycles. The molecule has 14 heteroatoms. The van der Waals surface area contributed by atoms with Crippen LogP contribution in [0, 0.1) is 0 Å². The molecular formula is C10H8ClF3N6O4. The molecule has 5 N–H and O–H groups in total. The summed E-state index contributed by atoms with van der Waals surface area (Å²) in [5.74, 6) is -2.53. The standard InChI is InChI=1S/C8H7ClN6O2.C2HF3O2/c9-4-2-1-3-5(11-4)12-8(13-16)6-7(10)15-17-14-6;3-2(4,5)1(6)7/h1-3,16H,(H2,10,15)(H,11,12,13);(H,6,7). The van der Waals surface area contributed by atoms with E-state index in [0.29, 0.717) is 0 Å². The van der Waals surface area contributed by atoms with E-state index in [4.69, 9.17) is 32.4 Å². The van der Waals surface area contributed by atoms with Gasteiger partial charge in [0.25, 0.3) is 0 Å². The topological polar surface area (TPSA) is 160 Å². The fourth-order valence-corrected chi connectivity index (χ4v) is 1.22. The summed E-state index contributed by atoms with van der Waals surface area (Å²) in [4.78, 5) is 16.8. The lowest BCUT2D eigenvalue weighted by molar-refractivity contribution is -0.192. The van der Waals surface area contributed by atoms with Crippen LogP contribution in [0.4, 0.5) is 24.8 Å². The van der Waals surface area contributed by atoms with Crippen LogP contribution in [0.1, 0.15) is 5.69 Å². The number of hydroxylamine groups is 1. The molecule has 0 fully saturated rings. The highest BCUT2D eigenvalue weighted by atomic mass is 35.5. The van der Waals surface area contributed by atoms with Gasteiger partial charge in [0.2, 0.25) is 0 Å². The molecule has 0 spiro atoms. The summed E-state index contributed by atoms with van der Waals surface area (Å²) in [5.41, 5.74) is 7.37. The summed E-state index contributed by atoms with van der Waals surface area (Å²) in [6, 6.07) is 4.85. The van der Waals surface area contributed by atoms with Gasteiger partial charge in [-0.05, 0) is 22.4 Å². The van der Waals surface area contributed by atoms with Crippen LogP contribution in [0.3, 0.4) is 0 Å². The first-order valence-electron chi connectivity index (χ1n) is 5.65. The van der Waals surface area contributed by atoms with Gasteiger partial charge < -0.3 is 10.8 Å². The van der Waals surface area contributed by atoms with E-state index in [1.165, 1.54) is 0 Å². The maximum atomic E-state index is 10.6. The number of pyridine rings is 1. The van der Waals surface area contributed by atoms with Crippen LogP contribution >= 0.6 is 11.6 Å². The van der Waals surface area contributed by atoms with Crippen LogP contribution in [-0.2, 0) is 4.79 Å². The van der Waals surface area contributed by atoms with Crippen LogP contribution in [-0.4, -0.2) is 43.6 Å². The first-order valence-corrected chi connectivity index (χ1v) is 6.02. The summed E-state index contributed by atoms with van der Waals surface area (Å²) in [5, 5.41) is 23.2. The average Bonchev–Trinajstić information content (AvgIpc) is 2.90. The number of anilines is 1. The van der Waals surface area contributed by atoms with Crippen molar-refractivity contribution in [3.05, 3.63) is 29.0 Å². The maximum Gasteiger partial charge on any atom is 0.490 e. The molecule has 2 aromatic rings. The zero-order valence-corrected chi connectivity index (χ0v) is 12.1. The second-order valence-electron chi connectivity index (χ2n) is 3.69. The van der Waals surface area contributed by atoms with E-state index in [9.17, 15) is 13.2 Å². The van der Waals surface area contributed by atoms with Gasteiger partial charge in [0, 0.05) is 0 Å². The number of halogens is 4. The lowest BCUT2D eigenvalue weighted by Crippen LogP contribution is -2.21. The minimum Gasteiger partial charge on any atom is -0.475 e. The molecule has 0 amide bonds. The summed E-state index contributed by atoms with van der Waals surface area (Å²) in [6.07, 6.45) is -5.08. The Balaban J connectivity index is 0.000000351. The highest BCUT2D eigenvalue weighted by Gasteiger charge is 2.38. The molecule has 130 valence electrons. The lowest BCUT2D eigenvalue weighted by atomic mass is 10.4. The Morgan fingerprint density at radius 3 is 2.42 bits per heavy atom. The fourth-order valence-electron chi connectivity index (χ4n) is 1.07. The SMILES string of the molecule is Nc1nonc1C(=Nc1cccc(Cl)n1)NO.O=C(O)C(F)(F)F. The van der Waals surface area contributed by atoms with Crippen molar-refractivity contribution in [2.45, 2.75) is 6.18 Å². The van der Waals surface area contributed by atoms with E-state index >= 15 is 0 Å². The molecule has 24 heavy (non-hydrogen) atoms. The number of amidine groups is 1. The van der Waals surface area contributed by atoms with Gasteiger partial charge in [-0.3, -0.25) is 10.7 Å². The Kier molecular flexibility index (Phi) is 6.43. The normalized spacial score (nSPS) is 11.5. The van der Waals surface area contributed by atoms with Crippen molar-refractivity contribution < 1.29 is 32.9 Å². The number of nitrogens with two attached hydrogens (primary N) is 1. The number of nitrogens with zero attached hydrogens (tertiary/aromatic N) is 4. The van der Waals surface area contributed by atoms with E-state index in [0.717, 1.165) is 0 Å². The molecule has 0 saturated carbocycles. The number of carboxylic acid groups (broad SMARTS) is 1. The highest BCUT2D eigenvalue weighted by molar-refractivity contribution is 6.29. The number of aliphatic imine (C=N–C) groups is 1. The molecule has 0 aromatic carbocycles. The third-order valence-corrected chi connectivity index (χ3v) is 2.22. The van der Waals surface area contributed by atoms with E-state index in [2.05, 4.69) is 24.9 Å². The number of alkyl halides is 3. The molecule has 0 atom stereocenters. The van der Waals surface area contributed by atoms with Crippen molar-refractivity contribution in [2.75, 3.05) is 5.73 Å². The fraction of sp³-hybridized carbons (Fsp3) is 0.100. The van der Waals surface area contributed by atoms with E-state index < -0.39 is 12.1 Å². The number of aliphatic carboxylic acids is 1. The van der Waals surface area contributed by atoms with Gasteiger partial charge in [-0.2, -0.15) is 13.2 Å². The largest absolute Gasteiger partial charge is 0.490 e. The first kappa shape index (κ1) is 19.1. The predicted octanol–water partition coefficient (Wildman–Crippen LogP) is 1.39. The molecule has 2 heterocycles. The van der Waals surface area contributed by atoms with Crippen LogP contribution in [0.2, 0.25) is 5.15 Å². The monoisotopic (exact) mass is 368 g/mol. The Bertz CT molecular complexity index is 735. The molecule has 2 rings (SSSR count). The van der Waals surface area contributed by atoms with Gasteiger partial charge in [-0.25, -0.2) is 19.4 Å². The summed E-state index contributed by atoms with van der Waals surface area (Å²) in [6.45, 7) is 0. The lowest BCUT2D eigenvalue weighted by Gasteiger charge is -2.00. The Morgan fingerprint density at radius 2 is 2.00 bits per heavy atom. The molecule has 0 aliphatic heterocycles. The van der Waals surface area contributed by atoms with E-state index in [1.54, 1.807) is 18.2 Å². The third kappa shape index (κ3) is 5.69. The van der Waals surface area contributed by atoms with Gasteiger partial charge >= 0.3 is 12.1 Å². The summed E-state index contributed by atoms with van der Waals surface area (Å²) < 4.78 is 36.1. The number of rotatable bonds is 2. The van der Waals surface area contributed by atoms with Crippen LogP contribution in [0.25, 0.3) is 0 Å². The highest BCUT2D eigenvalue weighted by Crippen LogP contribution is 2.14. The predicted molar refractivity (Wildman–Crippen MR) is 72.8 cm³/mol. The molecule has 0 saturated heterocycles. The Morgan fingerprint density at radius 1 is 1.38 bits per heavy atom. The maximum absolute atomic E-state index is 10.6. The third-order valence-electron chi connectivity index (χ3n) is 2.01. The Hall–Kier alpha value is -2.93. The Labute approximate surface area is 135 Å². The van der Waals surface area contributed by atoms with Crippen molar-refractivity contribution in [2.24, 2.45) is 4.99 Å². The number of carboxylic acids is 1. The second-order valence-corrected chi connectivity index (χ2v) is 4.08. The zero-order valence-electron chi connectivity index (χ0n) is 11.3. The minimum atomic E-state index is -5.08. The van der Waals surface area contributed by atoms with Crippen molar-refractivity contribution in [1.82, 2.24) is 20.8 Å². The molecular weight excluding hydrogens is 361 g/mol. The number of aromatic nitrogens is 3. The van der Waals surface area contributed by atoms with E-state index in [1.807, 2.05) is 5.48 Å². The second kappa shape index (κ2) is 8.07. The number of hydrogen-bond acceptors (Lipinski definition) is 8. The quantitative estimate of drug-likeness (QED) is 0.266. The van der Waals surface area contributed by atoms with Crippen LogP contribution in [0.15, 0.2) is 27.8 Å². The molecule has 10 nitrogen and oxygen atoms in total. The number of carbonyl (C=O) groups is 1. The van der Waals surface area contributed by atoms with E-state index in [-0.39, 0.29) is 28.3 Å². The smallest absolute Gasteiger partial charge is 0.475 e. The zero-order chi connectivity index (χ0) is 18.3. The van der Waals surface area contributed by atoms with Crippen LogP contribution in [0.5, 0.6) is 0 Å². The summed E-state index contributed by atoms with van der Waals surface area (Å²) in [7, 11) is 0. The molecule has 0 unspecified atom stereocenters. The number of nitrogen functional groups attached to an aromatic ring is 1.